The lowest BCUT2D eigenvalue weighted by Gasteiger charge is -2.18. The molecule has 0 saturated carbocycles. The van der Waals surface area contributed by atoms with Gasteiger partial charge in [0.15, 0.2) is 0 Å². The zero-order valence-corrected chi connectivity index (χ0v) is 15.9. The smallest absolute Gasteiger partial charge is 0.251 e. The Bertz CT molecular complexity index is 964. The van der Waals surface area contributed by atoms with Gasteiger partial charge in [0.1, 0.15) is 0 Å². The van der Waals surface area contributed by atoms with E-state index in [1.54, 1.807) is 6.20 Å². The fourth-order valence-electron chi connectivity index (χ4n) is 3.38. The molecule has 1 aliphatic heterocycles. The number of carbonyl (C=O) groups excluding carboxylic acids is 1. The van der Waals surface area contributed by atoms with Crippen LogP contribution in [0.5, 0.6) is 0 Å². The number of carbonyl (C=O) groups is 1. The fraction of sp³-hybridized carbons (Fsp3) is 0.381. The number of nitrogens with one attached hydrogen (secondary N) is 1. The van der Waals surface area contributed by atoms with Crippen LogP contribution in [0.1, 0.15) is 43.2 Å². The second-order valence-electron chi connectivity index (χ2n) is 7.96. The third-order valence-corrected chi connectivity index (χ3v) is 4.80. The molecule has 1 atom stereocenters. The van der Waals surface area contributed by atoms with Gasteiger partial charge in [-0.15, -0.1) is 0 Å². The Labute approximate surface area is 158 Å². The van der Waals surface area contributed by atoms with Crippen LogP contribution in [-0.4, -0.2) is 39.5 Å². The molecule has 0 bridgehead atoms. The standard InChI is InChI=1S/C21H24N4O2/c1-21(2,3)18-17(25-11-4-10-22-20(25)24-18)14-5-7-15(8-6-14)19(26)23-16-9-12-27-13-16/h4-8,10-11,16H,9,12-13H2,1-3H3,(H,23,26)/t16-/m0/s1. The summed E-state index contributed by atoms with van der Waals surface area (Å²) in [6.07, 6.45) is 4.59. The maximum absolute atomic E-state index is 12.4. The topological polar surface area (TPSA) is 68.5 Å². The largest absolute Gasteiger partial charge is 0.379 e. The average molecular weight is 364 g/mol. The third kappa shape index (κ3) is 3.45. The summed E-state index contributed by atoms with van der Waals surface area (Å²) in [5, 5.41) is 3.02. The van der Waals surface area contributed by atoms with E-state index in [-0.39, 0.29) is 17.4 Å². The molecule has 1 aromatic carbocycles. The summed E-state index contributed by atoms with van der Waals surface area (Å²) < 4.78 is 7.32. The second-order valence-corrected chi connectivity index (χ2v) is 7.96. The third-order valence-electron chi connectivity index (χ3n) is 4.80. The van der Waals surface area contributed by atoms with Crippen molar-refractivity contribution in [1.29, 1.82) is 0 Å². The van der Waals surface area contributed by atoms with Gasteiger partial charge in [-0.05, 0) is 24.6 Å². The second kappa shape index (κ2) is 6.78. The van der Waals surface area contributed by atoms with Crippen molar-refractivity contribution in [2.75, 3.05) is 13.2 Å². The Balaban J connectivity index is 1.68. The van der Waals surface area contributed by atoms with E-state index in [2.05, 4.69) is 31.1 Å². The minimum atomic E-state index is -0.123. The summed E-state index contributed by atoms with van der Waals surface area (Å²) in [6.45, 7) is 7.73. The van der Waals surface area contributed by atoms with Gasteiger partial charge in [0.05, 0.1) is 24.0 Å². The molecule has 6 heteroatoms. The Hall–Kier alpha value is -2.73. The molecule has 1 saturated heterocycles. The molecule has 1 aliphatic rings. The molecule has 140 valence electrons. The number of amides is 1. The number of hydrogen-bond donors (Lipinski definition) is 1. The summed E-state index contributed by atoms with van der Waals surface area (Å²) >= 11 is 0. The molecule has 27 heavy (non-hydrogen) atoms. The van der Waals surface area contributed by atoms with Crippen LogP contribution in [0.15, 0.2) is 42.7 Å². The Morgan fingerprint density at radius 3 is 2.70 bits per heavy atom. The van der Waals surface area contributed by atoms with Gasteiger partial charge in [-0.1, -0.05) is 32.9 Å². The number of fused-ring (bicyclic) bond motifs is 1. The first-order chi connectivity index (χ1) is 12.9. The Morgan fingerprint density at radius 2 is 2.04 bits per heavy atom. The van der Waals surface area contributed by atoms with Gasteiger partial charge in [-0.2, -0.15) is 0 Å². The molecule has 1 N–H and O–H groups in total. The van der Waals surface area contributed by atoms with Crippen LogP contribution in [0.2, 0.25) is 0 Å². The molecule has 3 heterocycles. The number of imidazole rings is 1. The highest BCUT2D eigenvalue weighted by atomic mass is 16.5. The van der Waals surface area contributed by atoms with Gasteiger partial charge >= 0.3 is 0 Å². The van der Waals surface area contributed by atoms with Gasteiger partial charge in [0.25, 0.3) is 5.91 Å². The Kier molecular flexibility index (Phi) is 4.44. The molecular formula is C21H24N4O2. The van der Waals surface area contributed by atoms with Crippen molar-refractivity contribution in [2.45, 2.75) is 38.6 Å². The van der Waals surface area contributed by atoms with Crippen molar-refractivity contribution in [3.05, 3.63) is 54.0 Å². The predicted octanol–water partition coefficient (Wildman–Crippen LogP) is 3.21. The van der Waals surface area contributed by atoms with Crippen LogP contribution >= 0.6 is 0 Å². The van der Waals surface area contributed by atoms with Crippen LogP contribution in [0.3, 0.4) is 0 Å². The molecule has 3 aromatic rings. The summed E-state index contributed by atoms with van der Waals surface area (Å²) in [5.74, 6) is 0.619. The van der Waals surface area contributed by atoms with Crippen LogP contribution in [0, 0.1) is 0 Å². The minimum absolute atomic E-state index is 0.0621. The van der Waals surface area contributed by atoms with Crippen molar-refractivity contribution in [3.63, 3.8) is 0 Å². The molecule has 0 aliphatic carbocycles. The fourth-order valence-corrected chi connectivity index (χ4v) is 3.38. The molecule has 6 nitrogen and oxygen atoms in total. The van der Waals surface area contributed by atoms with Crippen molar-refractivity contribution >= 4 is 11.7 Å². The quantitative estimate of drug-likeness (QED) is 0.775. The van der Waals surface area contributed by atoms with E-state index in [0.717, 1.165) is 23.4 Å². The summed E-state index contributed by atoms with van der Waals surface area (Å²) in [6, 6.07) is 9.69. The van der Waals surface area contributed by atoms with Crippen molar-refractivity contribution in [3.8, 4) is 11.3 Å². The molecule has 2 aromatic heterocycles. The van der Waals surface area contributed by atoms with Crippen LogP contribution in [0.4, 0.5) is 0 Å². The normalized spacial score (nSPS) is 17.4. The molecule has 1 amide bonds. The van der Waals surface area contributed by atoms with Crippen LogP contribution in [-0.2, 0) is 10.2 Å². The molecule has 1 fully saturated rings. The lowest BCUT2D eigenvalue weighted by molar-refractivity contribution is 0.0930. The van der Waals surface area contributed by atoms with Crippen LogP contribution < -0.4 is 5.32 Å². The minimum Gasteiger partial charge on any atom is -0.379 e. The van der Waals surface area contributed by atoms with E-state index in [0.29, 0.717) is 24.6 Å². The highest BCUT2D eigenvalue weighted by molar-refractivity contribution is 5.95. The number of ether oxygens (including phenoxy) is 1. The number of nitrogens with zero attached hydrogens (tertiary/aromatic N) is 3. The summed E-state index contributed by atoms with van der Waals surface area (Å²) in [7, 11) is 0. The lowest BCUT2D eigenvalue weighted by Crippen LogP contribution is -2.34. The average Bonchev–Trinajstić information content (AvgIpc) is 3.28. The molecule has 0 unspecified atom stereocenters. The summed E-state index contributed by atoms with van der Waals surface area (Å²) in [5.41, 5.74) is 3.54. The first-order valence-electron chi connectivity index (χ1n) is 9.26. The molecular weight excluding hydrogens is 340 g/mol. The zero-order chi connectivity index (χ0) is 19.0. The monoisotopic (exact) mass is 364 g/mol. The molecule has 0 spiro atoms. The van der Waals surface area contributed by atoms with E-state index in [4.69, 9.17) is 9.72 Å². The van der Waals surface area contributed by atoms with Gasteiger partial charge in [-0.25, -0.2) is 9.97 Å². The van der Waals surface area contributed by atoms with Gasteiger partial charge < -0.3 is 10.1 Å². The van der Waals surface area contributed by atoms with E-state index >= 15 is 0 Å². The lowest BCUT2D eigenvalue weighted by atomic mass is 9.89. The highest BCUT2D eigenvalue weighted by Crippen LogP contribution is 2.33. The van der Waals surface area contributed by atoms with Gasteiger partial charge in [0.2, 0.25) is 5.78 Å². The maximum atomic E-state index is 12.4. The zero-order valence-electron chi connectivity index (χ0n) is 15.9. The maximum Gasteiger partial charge on any atom is 0.251 e. The van der Waals surface area contributed by atoms with Crippen molar-refractivity contribution < 1.29 is 9.53 Å². The number of rotatable bonds is 3. The van der Waals surface area contributed by atoms with Gasteiger partial charge in [0, 0.05) is 35.5 Å². The SMILES string of the molecule is CC(C)(C)c1nc2ncccn2c1-c1ccc(C(=O)N[C@H]2CCOC2)cc1. The van der Waals surface area contributed by atoms with E-state index < -0.39 is 0 Å². The van der Waals surface area contributed by atoms with E-state index in [9.17, 15) is 4.79 Å². The van der Waals surface area contributed by atoms with Crippen LogP contribution in [0.25, 0.3) is 17.0 Å². The van der Waals surface area contributed by atoms with Gasteiger partial charge in [-0.3, -0.25) is 9.20 Å². The molecule has 4 rings (SSSR count). The van der Waals surface area contributed by atoms with Crippen molar-refractivity contribution in [2.24, 2.45) is 0 Å². The first kappa shape index (κ1) is 17.7. The predicted molar refractivity (Wildman–Crippen MR) is 104 cm³/mol. The van der Waals surface area contributed by atoms with Crippen molar-refractivity contribution in [1.82, 2.24) is 19.7 Å². The van der Waals surface area contributed by atoms with E-state index in [1.807, 2.05) is 40.9 Å². The van der Waals surface area contributed by atoms with E-state index in [1.165, 1.54) is 0 Å². The molecule has 0 radical (unpaired) electrons. The first-order valence-corrected chi connectivity index (χ1v) is 9.26. The highest BCUT2D eigenvalue weighted by Gasteiger charge is 2.25. The number of benzene rings is 1. The number of hydrogen-bond acceptors (Lipinski definition) is 4. The number of aromatic nitrogens is 3. The Morgan fingerprint density at radius 1 is 1.26 bits per heavy atom. The summed E-state index contributed by atoms with van der Waals surface area (Å²) in [4.78, 5) is 21.6.